The highest BCUT2D eigenvalue weighted by molar-refractivity contribution is 14.0. The number of guanidine groups is 1. The van der Waals surface area contributed by atoms with Crippen molar-refractivity contribution in [2.75, 3.05) is 40.4 Å². The Morgan fingerprint density at radius 1 is 1.15 bits per heavy atom. The highest BCUT2D eigenvalue weighted by Crippen LogP contribution is 2.10. The Kier molecular flexibility index (Phi) is 10.4. The van der Waals surface area contributed by atoms with E-state index in [0.717, 1.165) is 11.7 Å². The number of aliphatic imine (C=N–C) groups is 1. The van der Waals surface area contributed by atoms with Gasteiger partial charge in [0.2, 0.25) is 0 Å². The number of rotatable bonds is 8. The summed E-state index contributed by atoms with van der Waals surface area (Å²) in [6.07, 6.45) is 3.38. The standard InChI is InChI=1S/C18H23FN4O2.HI/c1-20-18(22-10-12-24-17-4-3-9-21-14-17)23(2)11-13-25-16-7-5-15(19)6-8-16;/h3-9,14H,10-13H2,1-2H3,(H,20,22);1H. The minimum absolute atomic E-state index is 0. The molecule has 0 radical (unpaired) electrons. The van der Waals surface area contributed by atoms with Crippen LogP contribution in [0.4, 0.5) is 4.39 Å². The lowest BCUT2D eigenvalue weighted by atomic mass is 10.3. The van der Waals surface area contributed by atoms with Crippen LogP contribution in [-0.2, 0) is 0 Å². The average Bonchev–Trinajstić information content (AvgIpc) is 2.64. The molecule has 1 N–H and O–H groups in total. The third-order valence-corrected chi connectivity index (χ3v) is 3.37. The van der Waals surface area contributed by atoms with Gasteiger partial charge in [-0.25, -0.2) is 4.39 Å². The Morgan fingerprint density at radius 2 is 1.88 bits per heavy atom. The number of pyridine rings is 1. The molecule has 1 heterocycles. The summed E-state index contributed by atoms with van der Waals surface area (Å²) >= 11 is 0. The van der Waals surface area contributed by atoms with Gasteiger partial charge in [0.25, 0.3) is 0 Å². The molecule has 0 amide bonds. The summed E-state index contributed by atoms with van der Waals surface area (Å²) in [5.74, 6) is 1.85. The lowest BCUT2D eigenvalue weighted by molar-refractivity contribution is 0.278. The van der Waals surface area contributed by atoms with Crippen molar-refractivity contribution < 1.29 is 13.9 Å². The number of halogens is 2. The molecule has 142 valence electrons. The van der Waals surface area contributed by atoms with E-state index in [1.165, 1.54) is 12.1 Å². The van der Waals surface area contributed by atoms with Crippen LogP contribution < -0.4 is 14.8 Å². The summed E-state index contributed by atoms with van der Waals surface area (Å²) in [6, 6.07) is 9.66. The van der Waals surface area contributed by atoms with Gasteiger partial charge in [-0.15, -0.1) is 24.0 Å². The second-order valence-electron chi connectivity index (χ2n) is 5.24. The van der Waals surface area contributed by atoms with Crippen molar-refractivity contribution in [3.8, 4) is 11.5 Å². The molecular formula is C18H24FIN4O2. The summed E-state index contributed by atoms with van der Waals surface area (Å²) in [5.41, 5.74) is 0. The number of nitrogens with one attached hydrogen (secondary N) is 1. The van der Waals surface area contributed by atoms with E-state index in [2.05, 4.69) is 15.3 Å². The Hall–Kier alpha value is -2.10. The molecule has 0 aliphatic rings. The molecule has 0 unspecified atom stereocenters. The lowest BCUT2D eigenvalue weighted by Crippen LogP contribution is -2.42. The molecule has 0 saturated heterocycles. The van der Waals surface area contributed by atoms with Gasteiger partial charge >= 0.3 is 0 Å². The highest BCUT2D eigenvalue weighted by atomic mass is 127. The average molecular weight is 474 g/mol. The first-order valence-corrected chi connectivity index (χ1v) is 8.02. The minimum Gasteiger partial charge on any atom is -0.492 e. The highest BCUT2D eigenvalue weighted by Gasteiger charge is 2.05. The van der Waals surface area contributed by atoms with Crippen molar-refractivity contribution in [1.29, 1.82) is 0 Å². The number of nitrogens with zero attached hydrogens (tertiary/aromatic N) is 3. The zero-order valence-corrected chi connectivity index (χ0v) is 17.2. The van der Waals surface area contributed by atoms with E-state index in [1.54, 1.807) is 31.6 Å². The van der Waals surface area contributed by atoms with E-state index >= 15 is 0 Å². The Labute approximate surface area is 170 Å². The third kappa shape index (κ3) is 7.85. The quantitative estimate of drug-likeness (QED) is 0.276. The fraction of sp³-hybridized carbons (Fsp3) is 0.333. The van der Waals surface area contributed by atoms with Gasteiger partial charge in [0.15, 0.2) is 5.96 Å². The van der Waals surface area contributed by atoms with E-state index in [4.69, 9.17) is 9.47 Å². The van der Waals surface area contributed by atoms with Crippen LogP contribution in [0.15, 0.2) is 53.8 Å². The molecular weight excluding hydrogens is 450 g/mol. The van der Waals surface area contributed by atoms with Crippen LogP contribution >= 0.6 is 24.0 Å². The van der Waals surface area contributed by atoms with E-state index < -0.39 is 0 Å². The van der Waals surface area contributed by atoms with Gasteiger partial charge in [-0.05, 0) is 36.4 Å². The first kappa shape index (κ1) is 21.9. The number of hydrogen-bond donors (Lipinski definition) is 1. The number of aromatic nitrogens is 1. The van der Waals surface area contributed by atoms with Crippen molar-refractivity contribution >= 4 is 29.9 Å². The van der Waals surface area contributed by atoms with Gasteiger partial charge in [0.1, 0.15) is 30.5 Å². The summed E-state index contributed by atoms with van der Waals surface area (Å²) in [4.78, 5) is 10.2. The molecule has 6 nitrogen and oxygen atoms in total. The molecule has 2 aromatic rings. The number of hydrogen-bond acceptors (Lipinski definition) is 4. The molecule has 0 bridgehead atoms. The van der Waals surface area contributed by atoms with Crippen molar-refractivity contribution in [3.05, 3.63) is 54.6 Å². The first-order valence-electron chi connectivity index (χ1n) is 8.02. The van der Waals surface area contributed by atoms with Gasteiger partial charge in [0, 0.05) is 20.3 Å². The normalized spacial score (nSPS) is 10.7. The largest absolute Gasteiger partial charge is 0.492 e. The number of ether oxygens (including phenoxy) is 2. The van der Waals surface area contributed by atoms with Gasteiger partial charge < -0.3 is 19.7 Å². The zero-order chi connectivity index (χ0) is 17.9. The maximum absolute atomic E-state index is 12.8. The fourth-order valence-electron chi connectivity index (χ4n) is 2.09. The Balaban J connectivity index is 0.00000338. The molecule has 1 aromatic heterocycles. The van der Waals surface area contributed by atoms with E-state index in [0.29, 0.717) is 32.1 Å². The molecule has 0 aliphatic heterocycles. The zero-order valence-electron chi connectivity index (χ0n) is 14.9. The van der Waals surface area contributed by atoms with Crippen LogP contribution in [0.1, 0.15) is 0 Å². The second kappa shape index (κ2) is 12.3. The van der Waals surface area contributed by atoms with Crippen molar-refractivity contribution in [3.63, 3.8) is 0 Å². The molecule has 8 heteroatoms. The fourth-order valence-corrected chi connectivity index (χ4v) is 2.09. The van der Waals surface area contributed by atoms with Crippen LogP contribution in [0, 0.1) is 5.82 Å². The predicted molar refractivity (Wildman–Crippen MR) is 111 cm³/mol. The molecule has 0 fully saturated rings. The molecule has 26 heavy (non-hydrogen) atoms. The van der Waals surface area contributed by atoms with E-state index in [9.17, 15) is 4.39 Å². The molecule has 0 spiro atoms. The summed E-state index contributed by atoms with van der Waals surface area (Å²) in [5, 5.41) is 3.22. The first-order chi connectivity index (χ1) is 12.2. The SMILES string of the molecule is CN=C(NCCOc1cccnc1)N(C)CCOc1ccc(F)cc1.I. The maximum Gasteiger partial charge on any atom is 0.193 e. The smallest absolute Gasteiger partial charge is 0.193 e. The molecule has 2 rings (SSSR count). The minimum atomic E-state index is -0.275. The second-order valence-corrected chi connectivity index (χ2v) is 5.24. The number of likely N-dealkylation sites (N-methyl/N-ethyl adjacent to an activating group) is 1. The van der Waals surface area contributed by atoms with Gasteiger partial charge in [-0.2, -0.15) is 0 Å². The molecule has 0 aliphatic carbocycles. The summed E-state index contributed by atoms with van der Waals surface area (Å²) in [6.45, 7) is 2.23. The van der Waals surface area contributed by atoms with Crippen molar-refractivity contribution in [2.45, 2.75) is 0 Å². The monoisotopic (exact) mass is 474 g/mol. The van der Waals surface area contributed by atoms with Crippen molar-refractivity contribution in [2.24, 2.45) is 4.99 Å². The van der Waals surface area contributed by atoms with Crippen molar-refractivity contribution in [1.82, 2.24) is 15.2 Å². The van der Waals surface area contributed by atoms with Crippen LogP contribution in [0.5, 0.6) is 11.5 Å². The van der Waals surface area contributed by atoms with E-state index in [-0.39, 0.29) is 29.8 Å². The van der Waals surface area contributed by atoms with Gasteiger partial charge in [0.05, 0.1) is 19.3 Å². The third-order valence-electron chi connectivity index (χ3n) is 3.37. The van der Waals surface area contributed by atoms with Crippen LogP contribution in [-0.4, -0.2) is 56.2 Å². The molecule has 1 aromatic carbocycles. The van der Waals surface area contributed by atoms with E-state index in [1.807, 2.05) is 24.1 Å². The van der Waals surface area contributed by atoms with Gasteiger partial charge in [-0.3, -0.25) is 9.98 Å². The maximum atomic E-state index is 12.8. The van der Waals surface area contributed by atoms with Crippen LogP contribution in [0.3, 0.4) is 0 Å². The summed E-state index contributed by atoms with van der Waals surface area (Å²) < 4.78 is 24.0. The number of benzene rings is 1. The van der Waals surface area contributed by atoms with Crippen LogP contribution in [0.25, 0.3) is 0 Å². The lowest BCUT2D eigenvalue weighted by Gasteiger charge is -2.22. The van der Waals surface area contributed by atoms with Gasteiger partial charge in [-0.1, -0.05) is 0 Å². The topological polar surface area (TPSA) is 59.0 Å². The van der Waals surface area contributed by atoms with Crippen LogP contribution in [0.2, 0.25) is 0 Å². The summed E-state index contributed by atoms with van der Waals surface area (Å²) in [7, 11) is 3.65. The Morgan fingerprint density at radius 3 is 2.54 bits per heavy atom. The predicted octanol–water partition coefficient (Wildman–Crippen LogP) is 2.80. The molecule has 0 saturated carbocycles. The molecule has 0 atom stereocenters. The Bertz CT molecular complexity index is 656.